The van der Waals surface area contributed by atoms with E-state index in [-0.39, 0.29) is 0 Å². The van der Waals surface area contributed by atoms with Gasteiger partial charge in [-0.1, -0.05) is 94.3 Å². The van der Waals surface area contributed by atoms with E-state index in [1.807, 2.05) is 0 Å². The van der Waals surface area contributed by atoms with E-state index >= 15 is 0 Å². The fraction of sp³-hybridized carbons (Fsp3) is 0.440. The molecule has 2 aromatic carbocycles. The Labute approximate surface area is 155 Å². The normalized spacial score (nSPS) is 12.1. The van der Waals surface area contributed by atoms with Gasteiger partial charge in [-0.05, 0) is 60.3 Å². The number of benzene rings is 2. The van der Waals surface area contributed by atoms with E-state index in [1.165, 1.54) is 60.8 Å². The maximum atomic E-state index is 4.41. The van der Waals surface area contributed by atoms with E-state index in [9.17, 15) is 0 Å². The second-order valence-corrected chi connectivity index (χ2v) is 7.40. The first-order chi connectivity index (χ1) is 12.2. The first kappa shape index (κ1) is 19.5. The van der Waals surface area contributed by atoms with Crippen molar-refractivity contribution < 1.29 is 0 Å². The number of unbranched alkanes of at least 4 members (excludes halogenated alkanes) is 2. The predicted molar refractivity (Wildman–Crippen MR) is 112 cm³/mol. The van der Waals surface area contributed by atoms with Crippen LogP contribution < -0.4 is 0 Å². The zero-order valence-corrected chi connectivity index (χ0v) is 16.1. The molecule has 2 rings (SSSR count). The Morgan fingerprint density at radius 3 is 2.32 bits per heavy atom. The van der Waals surface area contributed by atoms with Gasteiger partial charge in [0.1, 0.15) is 0 Å². The van der Waals surface area contributed by atoms with Crippen LogP contribution in [0.4, 0.5) is 0 Å². The summed E-state index contributed by atoms with van der Waals surface area (Å²) >= 11 is 0. The van der Waals surface area contributed by atoms with Gasteiger partial charge in [-0.3, -0.25) is 0 Å². The van der Waals surface area contributed by atoms with Crippen LogP contribution in [0.15, 0.2) is 61.2 Å². The van der Waals surface area contributed by atoms with Crippen molar-refractivity contribution in [1.82, 2.24) is 0 Å². The molecule has 0 N–H and O–H groups in total. The van der Waals surface area contributed by atoms with Gasteiger partial charge in [0.15, 0.2) is 0 Å². The molecule has 0 aliphatic heterocycles. The molecule has 25 heavy (non-hydrogen) atoms. The molecule has 0 aliphatic carbocycles. The van der Waals surface area contributed by atoms with Crippen molar-refractivity contribution in [3.8, 4) is 0 Å². The summed E-state index contributed by atoms with van der Waals surface area (Å²) in [5, 5.41) is 0. The van der Waals surface area contributed by atoms with Gasteiger partial charge < -0.3 is 0 Å². The highest BCUT2D eigenvalue weighted by atomic mass is 14.1. The van der Waals surface area contributed by atoms with Crippen LogP contribution in [0.5, 0.6) is 0 Å². The van der Waals surface area contributed by atoms with Crippen LogP contribution in [-0.4, -0.2) is 0 Å². The van der Waals surface area contributed by atoms with Crippen LogP contribution in [0.2, 0.25) is 0 Å². The largest absolute Gasteiger partial charge is 0.0952 e. The van der Waals surface area contributed by atoms with Gasteiger partial charge in [-0.15, -0.1) is 0 Å². The maximum Gasteiger partial charge on any atom is -0.0198 e. The molecular formula is C25H34. The molecular weight excluding hydrogens is 300 g/mol. The second kappa shape index (κ2) is 10.9. The van der Waals surface area contributed by atoms with Gasteiger partial charge in [0.2, 0.25) is 0 Å². The molecule has 0 amide bonds. The molecule has 0 saturated carbocycles. The molecule has 0 radical (unpaired) electrons. The Kier molecular flexibility index (Phi) is 8.52. The van der Waals surface area contributed by atoms with Gasteiger partial charge in [0.25, 0.3) is 0 Å². The van der Waals surface area contributed by atoms with Gasteiger partial charge in [0.05, 0.1) is 0 Å². The van der Waals surface area contributed by atoms with Crippen molar-refractivity contribution in [1.29, 1.82) is 0 Å². The summed E-state index contributed by atoms with van der Waals surface area (Å²) < 4.78 is 0. The zero-order chi connectivity index (χ0) is 17.9. The minimum atomic E-state index is 0.735. The van der Waals surface area contributed by atoms with E-state index in [2.05, 4.69) is 75.0 Å². The number of allylic oxidation sites excluding steroid dienone is 1. The minimum absolute atomic E-state index is 0.735. The summed E-state index contributed by atoms with van der Waals surface area (Å²) in [5.41, 5.74) is 5.64. The summed E-state index contributed by atoms with van der Waals surface area (Å²) in [5.74, 6) is 0.735. The molecule has 0 heteroatoms. The zero-order valence-electron chi connectivity index (χ0n) is 16.1. The van der Waals surface area contributed by atoms with E-state index in [0.717, 1.165) is 18.8 Å². The average Bonchev–Trinajstić information content (AvgIpc) is 2.64. The third kappa shape index (κ3) is 6.90. The molecule has 0 heterocycles. The van der Waals surface area contributed by atoms with Crippen molar-refractivity contribution in [2.75, 3.05) is 0 Å². The smallest absolute Gasteiger partial charge is 0.0198 e. The quantitative estimate of drug-likeness (QED) is 0.374. The number of rotatable bonds is 11. The molecule has 2 aromatic rings. The standard InChI is InChI=1S/C25H34/c1-4-5-13-21(2)20-22(3)25-19-12-11-18-24(25)17-10-9-16-23-14-7-6-8-15-23/h6-8,11-12,14-15,18-19,21H,3-5,9-10,13,16-17,20H2,1-2H3. The van der Waals surface area contributed by atoms with Gasteiger partial charge in [-0.25, -0.2) is 0 Å². The molecule has 1 unspecified atom stereocenters. The molecule has 0 fully saturated rings. The van der Waals surface area contributed by atoms with Crippen LogP contribution in [-0.2, 0) is 12.8 Å². The fourth-order valence-electron chi connectivity index (χ4n) is 3.56. The molecule has 0 saturated heterocycles. The van der Waals surface area contributed by atoms with Gasteiger partial charge >= 0.3 is 0 Å². The molecule has 1 atom stereocenters. The summed E-state index contributed by atoms with van der Waals surface area (Å²) in [4.78, 5) is 0. The van der Waals surface area contributed by atoms with Gasteiger partial charge in [0, 0.05) is 0 Å². The molecule has 134 valence electrons. The molecule has 0 bridgehead atoms. The van der Waals surface area contributed by atoms with E-state index in [0.29, 0.717) is 0 Å². The average molecular weight is 335 g/mol. The third-order valence-electron chi connectivity index (χ3n) is 5.05. The Morgan fingerprint density at radius 2 is 1.56 bits per heavy atom. The highest BCUT2D eigenvalue weighted by Crippen LogP contribution is 2.27. The van der Waals surface area contributed by atoms with Crippen molar-refractivity contribution in [2.24, 2.45) is 5.92 Å². The SMILES string of the molecule is C=C(CC(C)CCCC)c1ccccc1CCCCc1ccccc1. The van der Waals surface area contributed by atoms with Crippen LogP contribution in [0.3, 0.4) is 0 Å². The van der Waals surface area contributed by atoms with Gasteiger partial charge in [-0.2, -0.15) is 0 Å². The summed E-state index contributed by atoms with van der Waals surface area (Å²) in [6.07, 6.45) is 9.88. The summed E-state index contributed by atoms with van der Waals surface area (Å²) in [6, 6.07) is 19.7. The van der Waals surface area contributed by atoms with E-state index < -0.39 is 0 Å². The van der Waals surface area contributed by atoms with Crippen molar-refractivity contribution >= 4 is 5.57 Å². The van der Waals surface area contributed by atoms with Crippen molar-refractivity contribution in [3.63, 3.8) is 0 Å². The third-order valence-corrected chi connectivity index (χ3v) is 5.05. The highest BCUT2D eigenvalue weighted by molar-refractivity contribution is 5.66. The summed E-state index contributed by atoms with van der Waals surface area (Å²) in [7, 11) is 0. The Morgan fingerprint density at radius 1 is 0.880 bits per heavy atom. The summed E-state index contributed by atoms with van der Waals surface area (Å²) in [6.45, 7) is 9.04. The molecule has 0 aliphatic rings. The van der Waals surface area contributed by atoms with Crippen LogP contribution in [0, 0.1) is 5.92 Å². The van der Waals surface area contributed by atoms with Crippen LogP contribution in [0.1, 0.15) is 69.1 Å². The van der Waals surface area contributed by atoms with Crippen LogP contribution in [0.25, 0.3) is 5.57 Å². The molecule has 0 nitrogen and oxygen atoms in total. The first-order valence-corrected chi connectivity index (χ1v) is 10.0. The Hall–Kier alpha value is -1.82. The lowest BCUT2D eigenvalue weighted by molar-refractivity contribution is 0.517. The van der Waals surface area contributed by atoms with Crippen LogP contribution >= 0.6 is 0 Å². The second-order valence-electron chi connectivity index (χ2n) is 7.40. The fourth-order valence-corrected chi connectivity index (χ4v) is 3.56. The monoisotopic (exact) mass is 334 g/mol. The topological polar surface area (TPSA) is 0 Å². The molecule has 0 spiro atoms. The van der Waals surface area contributed by atoms with E-state index in [1.54, 1.807) is 0 Å². The Bertz CT molecular complexity index is 623. The highest BCUT2D eigenvalue weighted by Gasteiger charge is 2.09. The Balaban J connectivity index is 1.85. The van der Waals surface area contributed by atoms with Crippen molar-refractivity contribution in [2.45, 2.75) is 65.2 Å². The number of hydrogen-bond acceptors (Lipinski definition) is 0. The first-order valence-electron chi connectivity index (χ1n) is 10.0. The van der Waals surface area contributed by atoms with Crippen molar-refractivity contribution in [3.05, 3.63) is 77.9 Å². The van der Waals surface area contributed by atoms with E-state index in [4.69, 9.17) is 0 Å². The number of aryl methyl sites for hydroxylation is 2. The lowest BCUT2D eigenvalue weighted by Crippen LogP contribution is -1.99. The lowest BCUT2D eigenvalue weighted by atomic mass is 9.89. The molecule has 0 aromatic heterocycles. The predicted octanol–water partition coefficient (Wildman–Crippen LogP) is 7.48. The lowest BCUT2D eigenvalue weighted by Gasteiger charge is -2.16. The maximum absolute atomic E-state index is 4.41. The minimum Gasteiger partial charge on any atom is -0.0952 e. The number of hydrogen-bond donors (Lipinski definition) is 0.